The summed E-state index contributed by atoms with van der Waals surface area (Å²) < 4.78 is 6.81. The Bertz CT molecular complexity index is 634. The van der Waals surface area contributed by atoms with Crippen molar-refractivity contribution in [1.29, 1.82) is 0 Å². The third kappa shape index (κ3) is 3.24. The van der Waals surface area contributed by atoms with Gasteiger partial charge in [-0.25, -0.2) is 4.79 Å². The van der Waals surface area contributed by atoms with Crippen molar-refractivity contribution in [2.45, 2.75) is 20.4 Å². The fourth-order valence-corrected chi connectivity index (χ4v) is 2.33. The minimum Gasteiger partial charge on any atom is -0.462 e. The van der Waals surface area contributed by atoms with Gasteiger partial charge in [0.15, 0.2) is 0 Å². The highest BCUT2D eigenvalue weighted by atomic mass is 16.5. The highest BCUT2D eigenvalue weighted by Gasteiger charge is 2.18. The third-order valence-corrected chi connectivity index (χ3v) is 3.47. The maximum Gasteiger partial charge on any atom is 0.341 e. The van der Waals surface area contributed by atoms with Gasteiger partial charge < -0.3 is 9.64 Å². The number of anilines is 1. The molecule has 5 nitrogen and oxygen atoms in total. The molecule has 0 atom stereocenters. The zero-order valence-electron chi connectivity index (χ0n) is 13.0. The van der Waals surface area contributed by atoms with Crippen LogP contribution in [0.1, 0.15) is 28.5 Å². The third-order valence-electron chi connectivity index (χ3n) is 3.47. The topological polar surface area (TPSA) is 47.4 Å². The van der Waals surface area contributed by atoms with Crippen molar-refractivity contribution in [2.24, 2.45) is 7.05 Å². The highest BCUT2D eigenvalue weighted by molar-refractivity contribution is 5.90. The lowest BCUT2D eigenvalue weighted by Gasteiger charge is -2.22. The number of esters is 1. The summed E-state index contributed by atoms with van der Waals surface area (Å²) in [6.45, 7) is 4.82. The Balaban J connectivity index is 2.25. The molecule has 0 fully saturated rings. The van der Waals surface area contributed by atoms with Crippen molar-refractivity contribution >= 4 is 11.7 Å². The summed E-state index contributed by atoms with van der Waals surface area (Å²) in [7, 11) is 3.84. The van der Waals surface area contributed by atoms with E-state index in [1.807, 2.05) is 26.2 Å². The van der Waals surface area contributed by atoms with Crippen LogP contribution in [0.5, 0.6) is 0 Å². The number of rotatable bonds is 5. The number of para-hydroxylation sites is 1. The average Bonchev–Trinajstić information content (AvgIpc) is 2.81. The van der Waals surface area contributed by atoms with E-state index < -0.39 is 0 Å². The van der Waals surface area contributed by atoms with Crippen molar-refractivity contribution in [1.82, 2.24) is 9.78 Å². The summed E-state index contributed by atoms with van der Waals surface area (Å²) in [6.07, 6.45) is 1.57. The minimum absolute atomic E-state index is 0.321. The molecule has 21 heavy (non-hydrogen) atoms. The molecule has 112 valence electrons. The van der Waals surface area contributed by atoms with Crippen LogP contribution < -0.4 is 4.90 Å². The highest BCUT2D eigenvalue weighted by Crippen LogP contribution is 2.21. The maximum atomic E-state index is 12.0. The number of carbonyl (C=O) groups is 1. The molecular formula is C16H21N3O2. The number of benzene rings is 1. The molecule has 0 radical (unpaired) electrons. The van der Waals surface area contributed by atoms with Gasteiger partial charge in [-0.05, 0) is 25.5 Å². The quantitative estimate of drug-likeness (QED) is 0.793. The van der Waals surface area contributed by atoms with E-state index in [9.17, 15) is 4.79 Å². The second kappa shape index (κ2) is 6.43. The summed E-state index contributed by atoms with van der Waals surface area (Å²) in [6, 6.07) is 8.16. The van der Waals surface area contributed by atoms with Crippen LogP contribution in [0.15, 0.2) is 30.5 Å². The van der Waals surface area contributed by atoms with E-state index in [0.29, 0.717) is 18.7 Å². The normalized spacial score (nSPS) is 10.5. The Morgan fingerprint density at radius 1 is 1.38 bits per heavy atom. The molecule has 0 N–H and O–H groups in total. The molecule has 5 heteroatoms. The standard InChI is InChI=1S/C16H21N3O2/c1-5-21-16(20)13-10-17-19(4)15(13)11-18(3)14-9-7-6-8-12(14)2/h6-10H,5,11H2,1-4H3. The first-order valence-corrected chi connectivity index (χ1v) is 6.99. The molecule has 0 aliphatic heterocycles. The first-order chi connectivity index (χ1) is 10.0. The van der Waals surface area contributed by atoms with Crippen molar-refractivity contribution < 1.29 is 9.53 Å². The molecule has 0 bridgehead atoms. The Kier molecular flexibility index (Phi) is 4.62. The molecule has 0 aliphatic carbocycles. The number of carbonyl (C=O) groups excluding carboxylic acids is 1. The lowest BCUT2D eigenvalue weighted by molar-refractivity contribution is 0.0525. The van der Waals surface area contributed by atoms with Crippen LogP contribution in [-0.4, -0.2) is 29.4 Å². The summed E-state index contributed by atoms with van der Waals surface area (Å²) >= 11 is 0. The smallest absolute Gasteiger partial charge is 0.341 e. The fraction of sp³-hybridized carbons (Fsp3) is 0.375. The van der Waals surface area contributed by atoms with Gasteiger partial charge in [0.05, 0.1) is 25.0 Å². The lowest BCUT2D eigenvalue weighted by atomic mass is 10.1. The SMILES string of the molecule is CCOC(=O)c1cnn(C)c1CN(C)c1ccccc1C. The lowest BCUT2D eigenvalue weighted by Crippen LogP contribution is -2.21. The van der Waals surface area contributed by atoms with Crippen molar-refractivity contribution in [2.75, 3.05) is 18.6 Å². The van der Waals surface area contributed by atoms with Gasteiger partial charge in [-0.15, -0.1) is 0 Å². The molecule has 0 saturated heterocycles. The molecule has 1 aromatic heterocycles. The zero-order chi connectivity index (χ0) is 15.4. The Labute approximate surface area is 125 Å². The van der Waals surface area contributed by atoms with Gasteiger partial charge in [0, 0.05) is 19.8 Å². The molecule has 2 aromatic rings. The van der Waals surface area contributed by atoms with Gasteiger partial charge >= 0.3 is 5.97 Å². The molecule has 0 aliphatic rings. The van der Waals surface area contributed by atoms with Gasteiger partial charge in [-0.1, -0.05) is 18.2 Å². The number of aryl methyl sites for hydroxylation is 2. The second-order valence-electron chi connectivity index (χ2n) is 4.99. The Morgan fingerprint density at radius 2 is 2.10 bits per heavy atom. The van der Waals surface area contributed by atoms with Crippen molar-refractivity contribution in [3.8, 4) is 0 Å². The maximum absolute atomic E-state index is 12.0. The van der Waals surface area contributed by atoms with E-state index in [4.69, 9.17) is 4.74 Å². The summed E-state index contributed by atoms with van der Waals surface area (Å²) in [5.74, 6) is -0.321. The van der Waals surface area contributed by atoms with Crippen LogP contribution in [0, 0.1) is 6.92 Å². The van der Waals surface area contributed by atoms with Crippen LogP contribution in [0.25, 0.3) is 0 Å². The first kappa shape index (κ1) is 15.1. The molecular weight excluding hydrogens is 266 g/mol. The van der Waals surface area contributed by atoms with Crippen molar-refractivity contribution in [3.63, 3.8) is 0 Å². The molecule has 0 amide bonds. The van der Waals surface area contributed by atoms with Gasteiger partial charge in [0.25, 0.3) is 0 Å². The Hall–Kier alpha value is -2.30. The average molecular weight is 287 g/mol. The van der Waals surface area contributed by atoms with E-state index in [1.54, 1.807) is 17.8 Å². The number of ether oxygens (including phenoxy) is 1. The van der Waals surface area contributed by atoms with E-state index >= 15 is 0 Å². The van der Waals surface area contributed by atoms with E-state index in [1.165, 1.54) is 5.56 Å². The van der Waals surface area contributed by atoms with E-state index in [0.717, 1.165) is 11.4 Å². The van der Waals surface area contributed by atoms with Crippen LogP contribution >= 0.6 is 0 Å². The molecule has 2 rings (SSSR count). The molecule has 1 aromatic carbocycles. The van der Waals surface area contributed by atoms with Crippen LogP contribution in [0.4, 0.5) is 5.69 Å². The number of aromatic nitrogens is 2. The van der Waals surface area contributed by atoms with Crippen LogP contribution in [0.2, 0.25) is 0 Å². The number of nitrogens with zero attached hydrogens (tertiary/aromatic N) is 3. The summed E-state index contributed by atoms with van der Waals surface area (Å²) in [4.78, 5) is 14.1. The van der Waals surface area contributed by atoms with Gasteiger partial charge in [-0.3, -0.25) is 4.68 Å². The van der Waals surface area contributed by atoms with Gasteiger partial charge in [0.1, 0.15) is 5.56 Å². The van der Waals surface area contributed by atoms with Gasteiger partial charge in [0.2, 0.25) is 0 Å². The van der Waals surface area contributed by atoms with E-state index in [2.05, 4.69) is 29.1 Å². The first-order valence-electron chi connectivity index (χ1n) is 6.99. The van der Waals surface area contributed by atoms with Crippen molar-refractivity contribution in [3.05, 3.63) is 47.3 Å². The minimum atomic E-state index is -0.321. The molecule has 0 unspecified atom stereocenters. The predicted octanol–water partition coefficient (Wildman–Crippen LogP) is 2.54. The van der Waals surface area contributed by atoms with E-state index in [-0.39, 0.29) is 5.97 Å². The summed E-state index contributed by atoms with van der Waals surface area (Å²) in [5.41, 5.74) is 3.70. The van der Waals surface area contributed by atoms with Gasteiger partial charge in [-0.2, -0.15) is 5.10 Å². The number of hydrogen-bond donors (Lipinski definition) is 0. The zero-order valence-corrected chi connectivity index (χ0v) is 13.0. The molecule has 1 heterocycles. The predicted molar refractivity (Wildman–Crippen MR) is 82.5 cm³/mol. The van der Waals surface area contributed by atoms with Crippen LogP contribution in [0.3, 0.4) is 0 Å². The largest absolute Gasteiger partial charge is 0.462 e. The second-order valence-corrected chi connectivity index (χ2v) is 4.99. The molecule has 0 saturated carbocycles. The monoisotopic (exact) mass is 287 g/mol. The van der Waals surface area contributed by atoms with Crippen LogP contribution in [-0.2, 0) is 18.3 Å². The Morgan fingerprint density at radius 3 is 2.76 bits per heavy atom. The fourth-order valence-electron chi connectivity index (χ4n) is 2.33. The molecule has 0 spiro atoms. The number of hydrogen-bond acceptors (Lipinski definition) is 4. The summed E-state index contributed by atoms with van der Waals surface area (Å²) in [5, 5.41) is 4.18.